The van der Waals surface area contributed by atoms with Crippen molar-refractivity contribution in [3.8, 4) is 11.5 Å². The topological polar surface area (TPSA) is 191 Å². The van der Waals surface area contributed by atoms with E-state index in [1.165, 1.54) is 13.8 Å². The fourth-order valence-electron chi connectivity index (χ4n) is 3.27. The van der Waals surface area contributed by atoms with E-state index in [4.69, 9.17) is 44.3 Å². The van der Waals surface area contributed by atoms with Crippen LogP contribution in [0.3, 0.4) is 0 Å². The number of hydrogen-bond acceptors (Lipinski definition) is 10. The number of hydrogen-bond donors (Lipinski definition) is 0. The summed E-state index contributed by atoms with van der Waals surface area (Å²) in [4.78, 5) is 42.7. The average molecular weight is 554 g/mol. The van der Waals surface area contributed by atoms with Crippen LogP contribution < -0.4 is 9.47 Å². The Hall–Kier alpha value is -3.49. The number of alkyl halides is 3. The molecular formula is C18H15Cl3N4O10. The molecule has 35 heavy (non-hydrogen) atoms. The summed E-state index contributed by atoms with van der Waals surface area (Å²) in [6, 6.07) is 3.33. The van der Waals surface area contributed by atoms with Crippen LogP contribution in [0.15, 0.2) is 24.3 Å². The third-order valence-electron chi connectivity index (χ3n) is 4.50. The molecule has 0 aliphatic carbocycles. The molecular weight excluding hydrogens is 539 g/mol. The van der Waals surface area contributed by atoms with Crippen molar-refractivity contribution >= 4 is 57.6 Å². The summed E-state index contributed by atoms with van der Waals surface area (Å²) in [6.07, 6.45) is 0. The Balaban J connectivity index is 2.98. The molecule has 0 saturated carbocycles. The van der Waals surface area contributed by atoms with Gasteiger partial charge in [-0.25, -0.2) is 0 Å². The van der Waals surface area contributed by atoms with Gasteiger partial charge < -0.3 is 9.47 Å². The molecule has 0 fully saturated rings. The van der Waals surface area contributed by atoms with Gasteiger partial charge in [0.25, 0.3) is 11.5 Å². The van der Waals surface area contributed by atoms with Crippen molar-refractivity contribution in [1.29, 1.82) is 0 Å². The maximum atomic E-state index is 11.6. The molecule has 0 bridgehead atoms. The van der Waals surface area contributed by atoms with E-state index in [2.05, 4.69) is 0 Å². The van der Waals surface area contributed by atoms with Gasteiger partial charge in [0, 0.05) is 24.3 Å². The van der Waals surface area contributed by atoms with E-state index in [0.717, 1.165) is 24.3 Å². The third-order valence-corrected chi connectivity index (χ3v) is 5.16. The van der Waals surface area contributed by atoms with Crippen LogP contribution in [0.2, 0.25) is 0 Å². The molecule has 0 atom stereocenters. The van der Waals surface area contributed by atoms with E-state index < -0.39 is 63.7 Å². The zero-order chi connectivity index (χ0) is 26.7. The second kappa shape index (κ2) is 10.8. The van der Waals surface area contributed by atoms with Gasteiger partial charge in [-0.2, -0.15) is 0 Å². The third kappa shape index (κ3) is 5.96. The lowest BCUT2D eigenvalue weighted by atomic mass is 9.90. The zero-order valence-corrected chi connectivity index (χ0v) is 20.1. The van der Waals surface area contributed by atoms with E-state index >= 15 is 0 Å². The summed E-state index contributed by atoms with van der Waals surface area (Å²) >= 11 is 18.3. The Morgan fingerprint density at radius 1 is 0.686 bits per heavy atom. The molecule has 0 spiro atoms. The van der Waals surface area contributed by atoms with Crippen molar-refractivity contribution in [1.82, 2.24) is 0 Å². The number of ether oxygens (including phenoxy) is 2. The summed E-state index contributed by atoms with van der Waals surface area (Å²) < 4.78 is 7.74. The average Bonchev–Trinajstić information content (AvgIpc) is 2.73. The monoisotopic (exact) mass is 552 g/mol. The van der Waals surface area contributed by atoms with E-state index in [0.29, 0.717) is 0 Å². The van der Waals surface area contributed by atoms with Crippen molar-refractivity contribution in [2.75, 3.05) is 13.2 Å². The lowest BCUT2D eigenvalue weighted by Crippen LogP contribution is -2.20. The summed E-state index contributed by atoms with van der Waals surface area (Å²) in [6.45, 7) is 2.60. The SMILES string of the molecule is CCOc1c([N+](=O)[O-])cc(C(c2cc([N+](=O)[O-])c(OCC)c([N+](=O)[O-])c2)C(Cl)(Cl)Cl)cc1[N+](=O)[O-]. The first-order valence-corrected chi connectivity index (χ1v) is 10.6. The minimum absolute atomic E-state index is 0.147. The molecule has 2 aromatic rings. The smallest absolute Gasteiger partial charge is 0.318 e. The van der Waals surface area contributed by atoms with Crippen molar-refractivity contribution in [3.05, 3.63) is 75.8 Å². The fourth-order valence-corrected chi connectivity index (χ4v) is 4.03. The predicted molar refractivity (Wildman–Crippen MR) is 124 cm³/mol. The molecule has 0 saturated heterocycles. The maximum Gasteiger partial charge on any atom is 0.318 e. The molecule has 0 heterocycles. The van der Waals surface area contributed by atoms with Crippen LogP contribution in [0.5, 0.6) is 11.5 Å². The molecule has 2 aromatic carbocycles. The highest BCUT2D eigenvalue weighted by Crippen LogP contribution is 2.51. The highest BCUT2D eigenvalue weighted by Gasteiger charge is 2.42. The Morgan fingerprint density at radius 2 is 0.943 bits per heavy atom. The number of nitrogens with zero attached hydrogens (tertiary/aromatic N) is 4. The first-order chi connectivity index (χ1) is 16.2. The summed E-state index contributed by atoms with van der Waals surface area (Å²) in [5.74, 6) is -2.97. The van der Waals surface area contributed by atoms with Crippen molar-refractivity contribution in [2.24, 2.45) is 0 Å². The predicted octanol–water partition coefficient (Wildman–Crippen LogP) is 5.62. The van der Waals surface area contributed by atoms with Gasteiger partial charge in [-0.05, 0) is 25.0 Å². The summed E-state index contributed by atoms with van der Waals surface area (Å²) in [7, 11) is 0. The molecule has 0 N–H and O–H groups in total. The zero-order valence-electron chi connectivity index (χ0n) is 17.8. The number of nitro benzene ring substituents is 4. The fraction of sp³-hybridized carbons (Fsp3) is 0.333. The van der Waals surface area contributed by atoms with Gasteiger partial charge in [0.05, 0.1) is 38.8 Å². The lowest BCUT2D eigenvalue weighted by molar-refractivity contribution is -0.396. The van der Waals surface area contributed by atoms with Crippen LogP contribution in [0, 0.1) is 40.5 Å². The van der Waals surface area contributed by atoms with Gasteiger partial charge in [0.2, 0.25) is 3.79 Å². The summed E-state index contributed by atoms with van der Waals surface area (Å²) in [5.41, 5.74) is -4.04. The van der Waals surface area contributed by atoms with Crippen molar-refractivity contribution in [3.63, 3.8) is 0 Å². The molecule has 14 nitrogen and oxygen atoms in total. The van der Waals surface area contributed by atoms with Gasteiger partial charge in [-0.3, -0.25) is 40.5 Å². The molecule has 17 heteroatoms. The van der Waals surface area contributed by atoms with E-state index in [-0.39, 0.29) is 24.3 Å². The van der Waals surface area contributed by atoms with Crippen LogP contribution >= 0.6 is 34.8 Å². The van der Waals surface area contributed by atoms with E-state index in [1.807, 2.05) is 0 Å². The molecule has 188 valence electrons. The largest absolute Gasteiger partial charge is 0.482 e. The molecule has 0 amide bonds. The Labute approximate surface area is 210 Å². The minimum atomic E-state index is -2.43. The van der Waals surface area contributed by atoms with Crippen LogP contribution in [-0.4, -0.2) is 36.7 Å². The first kappa shape index (κ1) is 27.8. The second-order valence-electron chi connectivity index (χ2n) is 6.65. The first-order valence-electron chi connectivity index (χ1n) is 9.50. The Morgan fingerprint density at radius 3 is 1.11 bits per heavy atom. The second-order valence-corrected chi connectivity index (χ2v) is 9.01. The van der Waals surface area contributed by atoms with Gasteiger partial charge in [-0.15, -0.1) is 0 Å². The molecule has 0 radical (unpaired) electrons. The number of nitro groups is 4. The van der Waals surface area contributed by atoms with E-state index in [1.54, 1.807) is 0 Å². The number of rotatable bonds is 10. The number of benzene rings is 2. The van der Waals surface area contributed by atoms with Gasteiger partial charge in [0.15, 0.2) is 0 Å². The Bertz CT molecular complexity index is 1050. The van der Waals surface area contributed by atoms with Crippen LogP contribution in [0.25, 0.3) is 0 Å². The lowest BCUT2D eigenvalue weighted by Gasteiger charge is -2.25. The maximum absolute atomic E-state index is 11.6. The van der Waals surface area contributed by atoms with Crippen LogP contribution in [0.1, 0.15) is 30.9 Å². The minimum Gasteiger partial charge on any atom is -0.482 e. The van der Waals surface area contributed by atoms with Crippen molar-refractivity contribution < 1.29 is 29.2 Å². The normalized spacial score (nSPS) is 11.3. The van der Waals surface area contributed by atoms with Crippen molar-refractivity contribution in [2.45, 2.75) is 23.6 Å². The standard InChI is InChI=1S/C18H15Cl3N4O10/c1-3-34-16-11(22(26)27)5-9(6-12(16)23(28)29)15(18(19,20)21)10-7-13(24(30)31)17(35-4-2)14(8-10)25(32)33/h5-8,15H,3-4H2,1-2H3. The highest BCUT2D eigenvalue weighted by molar-refractivity contribution is 6.68. The van der Waals surface area contributed by atoms with Gasteiger partial charge in [0.1, 0.15) is 0 Å². The van der Waals surface area contributed by atoms with E-state index in [9.17, 15) is 40.5 Å². The number of halogens is 3. The van der Waals surface area contributed by atoms with Gasteiger partial charge >= 0.3 is 22.7 Å². The summed E-state index contributed by atoms with van der Waals surface area (Å²) in [5, 5.41) is 46.6. The molecule has 0 unspecified atom stereocenters. The van der Waals surface area contributed by atoms with Crippen LogP contribution in [-0.2, 0) is 0 Å². The molecule has 0 aliphatic rings. The molecule has 2 rings (SSSR count). The molecule has 0 aliphatic heterocycles. The van der Waals surface area contributed by atoms with Gasteiger partial charge in [-0.1, -0.05) is 34.8 Å². The molecule has 0 aromatic heterocycles. The Kier molecular flexibility index (Phi) is 8.59. The highest BCUT2D eigenvalue weighted by atomic mass is 35.6. The quantitative estimate of drug-likeness (QED) is 0.202. The van der Waals surface area contributed by atoms with Crippen LogP contribution in [0.4, 0.5) is 22.7 Å².